The summed E-state index contributed by atoms with van der Waals surface area (Å²) in [7, 11) is 2.10. The van der Waals surface area contributed by atoms with E-state index in [1.807, 2.05) is 12.1 Å². The van der Waals surface area contributed by atoms with E-state index in [0.717, 1.165) is 32.6 Å². The van der Waals surface area contributed by atoms with Gasteiger partial charge < -0.3 is 4.90 Å². The molecule has 0 aliphatic carbocycles. The lowest BCUT2D eigenvalue weighted by Crippen LogP contribution is -2.40. The highest BCUT2D eigenvalue weighted by atomic mass is 19.1. The van der Waals surface area contributed by atoms with E-state index >= 15 is 0 Å². The molecular formula is C22H29FN2. The highest BCUT2D eigenvalue weighted by Gasteiger charge is 2.40. The molecule has 134 valence electrons. The topological polar surface area (TPSA) is 6.48 Å². The van der Waals surface area contributed by atoms with Crippen LogP contribution in [-0.4, -0.2) is 43.2 Å². The number of hydrogen-bond donors (Lipinski definition) is 0. The van der Waals surface area contributed by atoms with Crippen LogP contribution >= 0.6 is 0 Å². The van der Waals surface area contributed by atoms with E-state index in [4.69, 9.17) is 0 Å². The maximum Gasteiger partial charge on any atom is 0.0975 e. The molecule has 1 aliphatic rings. The Morgan fingerprint density at radius 3 is 2.36 bits per heavy atom. The number of halogens is 1. The van der Waals surface area contributed by atoms with Gasteiger partial charge in [-0.1, -0.05) is 60.7 Å². The van der Waals surface area contributed by atoms with Crippen LogP contribution in [0.15, 0.2) is 60.7 Å². The second-order valence-corrected chi connectivity index (χ2v) is 7.60. The molecule has 0 saturated carbocycles. The molecule has 3 rings (SSSR count). The van der Waals surface area contributed by atoms with E-state index in [1.165, 1.54) is 11.1 Å². The Kier molecular flexibility index (Phi) is 5.87. The van der Waals surface area contributed by atoms with Crippen LogP contribution in [0, 0.1) is 5.41 Å². The molecule has 1 fully saturated rings. The number of nitrogens with zero attached hydrogens (tertiary/aromatic N) is 2. The van der Waals surface area contributed by atoms with Gasteiger partial charge in [0.25, 0.3) is 0 Å². The molecule has 25 heavy (non-hydrogen) atoms. The first-order valence-corrected chi connectivity index (χ1v) is 9.19. The number of rotatable bonds is 7. The summed E-state index contributed by atoms with van der Waals surface area (Å²) in [6.07, 6.45) is 0.930. The third-order valence-corrected chi connectivity index (χ3v) is 5.48. The van der Waals surface area contributed by atoms with Gasteiger partial charge in [0.05, 0.1) is 6.67 Å². The van der Waals surface area contributed by atoms with Gasteiger partial charge in [-0.05, 0) is 38.1 Å². The van der Waals surface area contributed by atoms with Crippen molar-refractivity contribution in [2.24, 2.45) is 5.41 Å². The summed E-state index contributed by atoms with van der Waals surface area (Å²) >= 11 is 0. The second-order valence-electron chi connectivity index (χ2n) is 7.60. The fraction of sp³-hybridized carbons (Fsp3) is 0.455. The van der Waals surface area contributed by atoms with Crippen LogP contribution in [0.1, 0.15) is 30.5 Å². The average Bonchev–Trinajstić information content (AvgIpc) is 3.07. The molecule has 0 N–H and O–H groups in total. The first kappa shape index (κ1) is 18.1. The Balaban J connectivity index is 1.62. The van der Waals surface area contributed by atoms with Crippen LogP contribution in [0.4, 0.5) is 4.39 Å². The minimum absolute atomic E-state index is 0.243. The zero-order valence-electron chi connectivity index (χ0n) is 15.4. The van der Waals surface area contributed by atoms with Gasteiger partial charge in [0.1, 0.15) is 0 Å². The summed E-state index contributed by atoms with van der Waals surface area (Å²) in [6, 6.07) is 21.3. The van der Waals surface area contributed by atoms with Crippen molar-refractivity contribution < 1.29 is 4.39 Å². The molecule has 1 heterocycles. The van der Waals surface area contributed by atoms with Gasteiger partial charge in [-0.25, -0.2) is 0 Å². The lowest BCUT2D eigenvalue weighted by atomic mass is 9.88. The van der Waals surface area contributed by atoms with Crippen molar-refractivity contribution in [1.29, 1.82) is 0 Å². The third kappa shape index (κ3) is 4.47. The Hall–Kier alpha value is -1.71. The summed E-state index contributed by atoms with van der Waals surface area (Å²) < 4.78 is 14.0. The van der Waals surface area contributed by atoms with E-state index in [1.54, 1.807) is 0 Å². The van der Waals surface area contributed by atoms with Gasteiger partial charge in [0, 0.05) is 31.1 Å². The molecule has 0 spiro atoms. The maximum atomic E-state index is 14.0. The normalized spacial score (nSPS) is 22.4. The van der Waals surface area contributed by atoms with Gasteiger partial charge in [-0.3, -0.25) is 9.29 Å². The molecule has 2 aromatic carbocycles. The van der Waals surface area contributed by atoms with Crippen molar-refractivity contribution >= 4 is 0 Å². The van der Waals surface area contributed by atoms with Crippen LogP contribution in [0.5, 0.6) is 0 Å². The molecule has 0 amide bonds. The standard InChI is InChI=1S/C22H29FN2/c1-19(21-11-7-4-8-12-21)25-14-13-22(16-23,18-25)17-24(2)15-20-9-5-3-6-10-20/h3-12,19H,13-18H2,1-2H3/t19-,22-/m1/s1. The Labute approximate surface area is 151 Å². The van der Waals surface area contributed by atoms with E-state index in [2.05, 4.69) is 72.3 Å². The smallest absolute Gasteiger partial charge is 0.0975 e. The zero-order valence-corrected chi connectivity index (χ0v) is 15.4. The van der Waals surface area contributed by atoms with Crippen LogP contribution in [-0.2, 0) is 6.54 Å². The van der Waals surface area contributed by atoms with Crippen molar-refractivity contribution in [3.63, 3.8) is 0 Å². The minimum Gasteiger partial charge on any atom is -0.301 e. The zero-order chi connectivity index (χ0) is 17.7. The number of alkyl halides is 1. The van der Waals surface area contributed by atoms with E-state index in [0.29, 0.717) is 6.04 Å². The minimum atomic E-state index is -0.246. The second kappa shape index (κ2) is 8.11. The molecule has 2 atom stereocenters. The Morgan fingerprint density at radius 1 is 1.08 bits per heavy atom. The summed E-state index contributed by atoms with van der Waals surface area (Å²) in [5.41, 5.74) is 2.35. The molecule has 2 nitrogen and oxygen atoms in total. The van der Waals surface area contributed by atoms with Crippen LogP contribution in [0.25, 0.3) is 0 Å². The van der Waals surface area contributed by atoms with E-state index < -0.39 is 0 Å². The quantitative estimate of drug-likeness (QED) is 0.730. The summed E-state index contributed by atoms with van der Waals surface area (Å²) in [4.78, 5) is 4.71. The van der Waals surface area contributed by atoms with E-state index in [9.17, 15) is 4.39 Å². The lowest BCUT2D eigenvalue weighted by molar-refractivity contribution is 0.123. The Morgan fingerprint density at radius 2 is 1.72 bits per heavy atom. The van der Waals surface area contributed by atoms with Crippen molar-refractivity contribution in [2.45, 2.75) is 25.9 Å². The van der Waals surface area contributed by atoms with Gasteiger partial charge >= 0.3 is 0 Å². The predicted molar refractivity (Wildman–Crippen MR) is 102 cm³/mol. The third-order valence-electron chi connectivity index (χ3n) is 5.48. The Bertz CT molecular complexity index is 646. The van der Waals surface area contributed by atoms with Crippen molar-refractivity contribution in [2.75, 3.05) is 33.4 Å². The van der Waals surface area contributed by atoms with Gasteiger partial charge in [0.15, 0.2) is 0 Å². The highest BCUT2D eigenvalue weighted by molar-refractivity contribution is 5.19. The average molecular weight is 340 g/mol. The maximum absolute atomic E-state index is 14.0. The summed E-state index contributed by atoms with van der Waals surface area (Å²) in [5, 5.41) is 0. The molecule has 0 radical (unpaired) electrons. The van der Waals surface area contributed by atoms with Crippen LogP contribution < -0.4 is 0 Å². The molecule has 0 bridgehead atoms. The first-order chi connectivity index (χ1) is 12.1. The molecule has 2 aromatic rings. The molecule has 3 heteroatoms. The molecule has 1 saturated heterocycles. The highest BCUT2D eigenvalue weighted by Crippen LogP contribution is 2.36. The van der Waals surface area contributed by atoms with Crippen molar-refractivity contribution in [3.05, 3.63) is 71.8 Å². The van der Waals surface area contributed by atoms with Gasteiger partial charge in [0.2, 0.25) is 0 Å². The molecule has 0 unspecified atom stereocenters. The largest absolute Gasteiger partial charge is 0.301 e. The van der Waals surface area contributed by atoms with Crippen molar-refractivity contribution in [1.82, 2.24) is 9.80 Å². The molecule has 0 aromatic heterocycles. The first-order valence-electron chi connectivity index (χ1n) is 9.19. The van der Waals surface area contributed by atoms with Gasteiger partial charge in [-0.15, -0.1) is 0 Å². The van der Waals surface area contributed by atoms with Crippen molar-refractivity contribution in [3.8, 4) is 0 Å². The SMILES string of the molecule is C[C@H](c1ccccc1)N1CC[C@@](CF)(CN(C)Cc2ccccc2)C1. The fourth-order valence-electron chi connectivity index (χ4n) is 4.05. The van der Waals surface area contributed by atoms with E-state index in [-0.39, 0.29) is 12.1 Å². The summed E-state index contributed by atoms with van der Waals surface area (Å²) in [5.74, 6) is 0. The monoisotopic (exact) mass is 340 g/mol. The van der Waals surface area contributed by atoms with Crippen LogP contribution in [0.3, 0.4) is 0 Å². The predicted octanol–water partition coefficient (Wildman–Crippen LogP) is 4.54. The molecule has 1 aliphatic heterocycles. The number of likely N-dealkylation sites (tertiary alicyclic amines) is 1. The fourth-order valence-corrected chi connectivity index (χ4v) is 4.05. The van der Waals surface area contributed by atoms with Crippen LogP contribution in [0.2, 0.25) is 0 Å². The lowest BCUT2D eigenvalue weighted by Gasteiger charge is -2.33. The molecular weight excluding hydrogens is 311 g/mol. The number of hydrogen-bond acceptors (Lipinski definition) is 2. The number of benzene rings is 2. The van der Waals surface area contributed by atoms with Gasteiger partial charge in [-0.2, -0.15) is 0 Å². The summed E-state index contributed by atoms with van der Waals surface area (Å²) in [6.45, 7) is 5.46.